The van der Waals surface area contributed by atoms with Gasteiger partial charge in [-0.25, -0.2) is 0 Å². The van der Waals surface area contributed by atoms with Crippen LogP contribution < -0.4 is 11.1 Å². The fourth-order valence-corrected chi connectivity index (χ4v) is 2.10. The van der Waals surface area contributed by atoms with E-state index in [1.54, 1.807) is 6.07 Å². The highest BCUT2D eigenvalue weighted by Crippen LogP contribution is 2.37. The number of carbonyl (C=O) groups is 2. The van der Waals surface area contributed by atoms with Gasteiger partial charge in [0.1, 0.15) is 11.8 Å². The van der Waals surface area contributed by atoms with E-state index in [-0.39, 0.29) is 12.5 Å². The maximum absolute atomic E-state index is 11.9. The van der Waals surface area contributed by atoms with Gasteiger partial charge in [-0.2, -0.15) is 0 Å². The number of aliphatic hydroxyl groups excluding tert-OH is 1. The van der Waals surface area contributed by atoms with Gasteiger partial charge >= 0.3 is 0 Å². The van der Waals surface area contributed by atoms with Crippen LogP contribution in [0, 0.1) is 0 Å². The minimum atomic E-state index is -1.36. The van der Waals surface area contributed by atoms with Crippen molar-refractivity contribution in [1.29, 1.82) is 0 Å². The number of hydrogen-bond donors (Lipinski definition) is 3. The standard InChI is InChI=1S/C11H14BrN3O3/c12-6-3-8(15(5-6)7-1-2-7)11(18)14-4-9(16)10(13)17/h3,5,7,9,16H,1-2,4H2,(H2,13,17)(H,14,18). The molecule has 1 aliphatic rings. The van der Waals surface area contributed by atoms with Crippen molar-refractivity contribution < 1.29 is 14.7 Å². The van der Waals surface area contributed by atoms with Crippen molar-refractivity contribution in [3.63, 3.8) is 0 Å². The van der Waals surface area contributed by atoms with Gasteiger partial charge in [-0.1, -0.05) is 0 Å². The Kier molecular flexibility index (Phi) is 3.72. The van der Waals surface area contributed by atoms with Crippen LogP contribution in [0.25, 0.3) is 0 Å². The monoisotopic (exact) mass is 315 g/mol. The van der Waals surface area contributed by atoms with Crippen molar-refractivity contribution in [3.05, 3.63) is 22.4 Å². The molecule has 98 valence electrons. The van der Waals surface area contributed by atoms with Crippen LogP contribution in [0.1, 0.15) is 29.4 Å². The van der Waals surface area contributed by atoms with Crippen LogP contribution in [-0.2, 0) is 4.79 Å². The van der Waals surface area contributed by atoms with Crippen LogP contribution in [0.4, 0.5) is 0 Å². The number of hydrogen-bond acceptors (Lipinski definition) is 3. The SMILES string of the molecule is NC(=O)C(O)CNC(=O)c1cc(Br)cn1C1CC1. The normalized spacial score (nSPS) is 16.3. The highest BCUT2D eigenvalue weighted by Gasteiger charge is 2.28. The minimum absolute atomic E-state index is 0.179. The molecule has 0 radical (unpaired) electrons. The van der Waals surface area contributed by atoms with Gasteiger partial charge in [-0.3, -0.25) is 9.59 Å². The average molecular weight is 316 g/mol. The Balaban J connectivity index is 2.02. The summed E-state index contributed by atoms with van der Waals surface area (Å²) < 4.78 is 2.73. The molecule has 0 saturated heterocycles. The Morgan fingerprint density at radius 3 is 2.83 bits per heavy atom. The first-order chi connectivity index (χ1) is 8.49. The zero-order valence-electron chi connectivity index (χ0n) is 9.60. The van der Waals surface area contributed by atoms with E-state index in [9.17, 15) is 14.7 Å². The largest absolute Gasteiger partial charge is 0.381 e. The van der Waals surface area contributed by atoms with Crippen LogP contribution >= 0.6 is 15.9 Å². The fourth-order valence-electron chi connectivity index (χ4n) is 1.66. The Bertz CT molecular complexity index is 482. The number of amides is 2. The number of aliphatic hydroxyl groups is 1. The lowest BCUT2D eigenvalue weighted by Crippen LogP contribution is -2.40. The molecular weight excluding hydrogens is 302 g/mol. The van der Waals surface area contributed by atoms with E-state index in [4.69, 9.17) is 5.73 Å². The summed E-state index contributed by atoms with van der Waals surface area (Å²) in [5, 5.41) is 11.7. The molecular formula is C11H14BrN3O3. The first-order valence-corrected chi connectivity index (χ1v) is 6.41. The minimum Gasteiger partial charge on any atom is -0.381 e. The summed E-state index contributed by atoms with van der Waals surface area (Å²) in [4.78, 5) is 22.6. The molecule has 6 nitrogen and oxygen atoms in total. The van der Waals surface area contributed by atoms with Gasteiger partial charge in [0.25, 0.3) is 5.91 Å². The number of carbonyl (C=O) groups excluding carboxylic acids is 2. The number of nitrogens with zero attached hydrogens (tertiary/aromatic N) is 1. The smallest absolute Gasteiger partial charge is 0.268 e. The highest BCUT2D eigenvalue weighted by atomic mass is 79.9. The third-order valence-corrected chi connectivity index (χ3v) is 3.21. The molecule has 4 N–H and O–H groups in total. The van der Waals surface area contributed by atoms with Gasteiger partial charge < -0.3 is 20.7 Å². The molecule has 1 unspecified atom stereocenters. The van der Waals surface area contributed by atoms with E-state index < -0.39 is 12.0 Å². The predicted octanol–water partition coefficient (Wildman–Crippen LogP) is 0.161. The fraction of sp³-hybridized carbons (Fsp3) is 0.455. The molecule has 2 amide bonds. The van der Waals surface area contributed by atoms with Crippen molar-refractivity contribution in [3.8, 4) is 0 Å². The quantitative estimate of drug-likeness (QED) is 0.722. The summed E-state index contributed by atoms with van der Waals surface area (Å²) in [5.74, 6) is -1.18. The number of nitrogens with one attached hydrogen (secondary N) is 1. The lowest BCUT2D eigenvalue weighted by atomic mass is 10.3. The van der Waals surface area contributed by atoms with E-state index in [0.717, 1.165) is 17.3 Å². The second-order valence-electron chi connectivity index (χ2n) is 4.31. The van der Waals surface area contributed by atoms with E-state index >= 15 is 0 Å². The van der Waals surface area contributed by atoms with Crippen molar-refractivity contribution >= 4 is 27.7 Å². The summed E-state index contributed by atoms with van der Waals surface area (Å²) >= 11 is 3.33. The Morgan fingerprint density at radius 2 is 2.28 bits per heavy atom. The summed E-state index contributed by atoms with van der Waals surface area (Å²) in [6, 6.07) is 2.09. The number of aromatic nitrogens is 1. The molecule has 2 rings (SSSR count). The molecule has 0 aliphatic heterocycles. The van der Waals surface area contributed by atoms with Crippen LogP contribution in [0.5, 0.6) is 0 Å². The van der Waals surface area contributed by atoms with Gasteiger partial charge in [0.15, 0.2) is 0 Å². The molecule has 1 aromatic rings. The van der Waals surface area contributed by atoms with Gasteiger partial charge in [0.2, 0.25) is 5.91 Å². The van der Waals surface area contributed by atoms with E-state index in [2.05, 4.69) is 21.2 Å². The van der Waals surface area contributed by atoms with Crippen LogP contribution in [0.2, 0.25) is 0 Å². The first-order valence-electron chi connectivity index (χ1n) is 5.62. The number of nitrogens with two attached hydrogens (primary N) is 1. The van der Waals surface area contributed by atoms with Crippen molar-refractivity contribution in [2.75, 3.05) is 6.54 Å². The van der Waals surface area contributed by atoms with Gasteiger partial charge in [-0.05, 0) is 34.8 Å². The molecule has 1 saturated carbocycles. The molecule has 0 spiro atoms. The van der Waals surface area contributed by atoms with Gasteiger partial charge in [-0.15, -0.1) is 0 Å². The molecule has 18 heavy (non-hydrogen) atoms. The second-order valence-corrected chi connectivity index (χ2v) is 5.23. The number of primary amides is 1. The second kappa shape index (κ2) is 5.11. The van der Waals surface area contributed by atoms with Crippen molar-refractivity contribution in [1.82, 2.24) is 9.88 Å². The van der Waals surface area contributed by atoms with Crippen molar-refractivity contribution in [2.24, 2.45) is 5.73 Å². The predicted molar refractivity (Wildman–Crippen MR) is 67.9 cm³/mol. The summed E-state index contributed by atoms with van der Waals surface area (Å²) in [6.07, 6.45) is 2.62. The summed E-state index contributed by atoms with van der Waals surface area (Å²) in [5.41, 5.74) is 5.42. The molecule has 0 bridgehead atoms. The van der Waals surface area contributed by atoms with Crippen LogP contribution in [-0.4, -0.2) is 34.1 Å². The lowest BCUT2D eigenvalue weighted by molar-refractivity contribution is -0.125. The third-order valence-electron chi connectivity index (χ3n) is 2.77. The first kappa shape index (κ1) is 13.1. The maximum Gasteiger partial charge on any atom is 0.268 e. The zero-order valence-corrected chi connectivity index (χ0v) is 11.2. The molecule has 7 heteroatoms. The Labute approximate surface area is 112 Å². The molecule has 1 aromatic heterocycles. The molecule has 0 aromatic carbocycles. The van der Waals surface area contributed by atoms with Crippen LogP contribution in [0.15, 0.2) is 16.7 Å². The topological polar surface area (TPSA) is 97.4 Å². The zero-order chi connectivity index (χ0) is 13.3. The van der Waals surface area contributed by atoms with E-state index in [1.807, 2.05) is 10.8 Å². The Hall–Kier alpha value is -1.34. The number of rotatable bonds is 5. The summed E-state index contributed by atoms with van der Waals surface area (Å²) in [6.45, 7) is -0.179. The average Bonchev–Trinajstić information content (AvgIpc) is 3.08. The van der Waals surface area contributed by atoms with Crippen LogP contribution in [0.3, 0.4) is 0 Å². The molecule has 1 heterocycles. The molecule has 1 atom stereocenters. The highest BCUT2D eigenvalue weighted by molar-refractivity contribution is 9.10. The molecule has 1 fully saturated rings. The summed E-state index contributed by atoms with van der Waals surface area (Å²) in [7, 11) is 0. The number of halogens is 1. The van der Waals surface area contributed by atoms with Gasteiger partial charge in [0.05, 0.1) is 6.54 Å². The van der Waals surface area contributed by atoms with Gasteiger partial charge in [0, 0.05) is 16.7 Å². The Morgan fingerprint density at radius 1 is 1.61 bits per heavy atom. The van der Waals surface area contributed by atoms with Crippen molar-refractivity contribution in [2.45, 2.75) is 25.0 Å². The molecule has 1 aliphatic carbocycles. The van der Waals surface area contributed by atoms with E-state index in [0.29, 0.717) is 11.7 Å². The maximum atomic E-state index is 11.9. The van der Waals surface area contributed by atoms with E-state index in [1.165, 1.54) is 0 Å². The lowest BCUT2D eigenvalue weighted by Gasteiger charge is -2.10. The third kappa shape index (κ3) is 2.91.